The van der Waals surface area contributed by atoms with Crippen molar-refractivity contribution in [3.8, 4) is 0 Å². The number of carboxylic acid groups (broad SMARTS) is 1. The van der Waals surface area contributed by atoms with Gasteiger partial charge >= 0.3 is 5.97 Å². The molecule has 1 fully saturated rings. The number of carbonyl (C=O) groups is 2. The van der Waals surface area contributed by atoms with Crippen molar-refractivity contribution in [2.24, 2.45) is 0 Å². The third-order valence-electron chi connectivity index (χ3n) is 5.96. The normalized spacial score (nSPS) is 17.1. The van der Waals surface area contributed by atoms with Crippen molar-refractivity contribution in [1.82, 2.24) is 9.88 Å². The average Bonchev–Trinajstić information content (AvgIpc) is 3.19. The Kier molecular flexibility index (Phi) is 6.07. The number of benzene rings is 2. The number of nitrogens with zero attached hydrogens (tertiary/aromatic N) is 2. The third-order valence-corrected chi connectivity index (χ3v) is 5.96. The molecule has 0 spiro atoms. The van der Waals surface area contributed by atoms with Crippen molar-refractivity contribution in [2.75, 3.05) is 36.9 Å². The van der Waals surface area contributed by atoms with Gasteiger partial charge in [-0.05, 0) is 48.0 Å². The van der Waals surface area contributed by atoms with Crippen LogP contribution in [-0.2, 0) is 16.1 Å². The van der Waals surface area contributed by atoms with Crippen molar-refractivity contribution < 1.29 is 19.4 Å². The molecular weight excluding hydrogens is 432 g/mol. The lowest BCUT2D eigenvalue weighted by atomic mass is 9.99. The Morgan fingerprint density at radius 2 is 1.76 bits per heavy atom. The minimum atomic E-state index is -1.05. The maximum atomic E-state index is 13.0. The number of hydrogen-bond donors (Lipinski definition) is 3. The van der Waals surface area contributed by atoms with Gasteiger partial charge in [-0.25, -0.2) is 4.79 Å². The molecule has 1 aromatic heterocycles. The molecule has 3 N–H and O–H groups in total. The van der Waals surface area contributed by atoms with Crippen molar-refractivity contribution >= 4 is 34.5 Å². The van der Waals surface area contributed by atoms with E-state index in [-0.39, 0.29) is 11.5 Å². The molecule has 0 unspecified atom stereocenters. The monoisotopic (exact) mass is 456 g/mol. The summed E-state index contributed by atoms with van der Waals surface area (Å²) in [6.45, 7) is 4.22. The number of aromatic nitrogens is 1. The first kappa shape index (κ1) is 21.8. The highest BCUT2D eigenvalue weighted by atomic mass is 16.5. The van der Waals surface area contributed by atoms with Gasteiger partial charge in [0.25, 0.3) is 5.91 Å². The number of pyridine rings is 1. The summed E-state index contributed by atoms with van der Waals surface area (Å²) < 4.78 is 5.42. The van der Waals surface area contributed by atoms with E-state index in [1.807, 2.05) is 24.3 Å². The molecule has 8 heteroatoms. The molecule has 2 aliphatic heterocycles. The predicted molar refractivity (Wildman–Crippen MR) is 129 cm³/mol. The van der Waals surface area contributed by atoms with Crippen LogP contribution in [0.5, 0.6) is 0 Å². The zero-order valence-electron chi connectivity index (χ0n) is 18.5. The van der Waals surface area contributed by atoms with E-state index in [2.05, 4.69) is 32.7 Å². The second-order valence-electron chi connectivity index (χ2n) is 8.22. The largest absolute Gasteiger partial charge is 0.478 e. The third kappa shape index (κ3) is 4.54. The molecule has 2 aliphatic rings. The molecule has 5 rings (SSSR count). The Bertz CT molecular complexity index is 1250. The maximum absolute atomic E-state index is 13.0. The lowest BCUT2D eigenvalue weighted by Crippen LogP contribution is -2.35. The summed E-state index contributed by atoms with van der Waals surface area (Å²) in [5, 5.41) is 15.7. The zero-order valence-corrected chi connectivity index (χ0v) is 18.5. The lowest BCUT2D eigenvalue weighted by molar-refractivity contribution is -0.110. The summed E-state index contributed by atoms with van der Waals surface area (Å²) in [4.78, 5) is 31.0. The summed E-state index contributed by atoms with van der Waals surface area (Å²) in [5.74, 6) is -1.34. The Morgan fingerprint density at radius 3 is 2.47 bits per heavy atom. The fourth-order valence-electron chi connectivity index (χ4n) is 4.20. The number of carboxylic acids is 1. The molecule has 0 radical (unpaired) electrons. The van der Waals surface area contributed by atoms with Crippen LogP contribution in [0.25, 0.3) is 11.3 Å². The number of hydrogen-bond acceptors (Lipinski definition) is 6. The Labute approximate surface area is 196 Å². The SMILES string of the molecule is O=C1Nc2ccc(C(=O)O)cc2C1=C(Nc1ccc(CN2CCOCC2)cc1)c1ccncc1. The van der Waals surface area contributed by atoms with Gasteiger partial charge in [0.1, 0.15) is 0 Å². The van der Waals surface area contributed by atoms with Crippen LogP contribution in [-0.4, -0.2) is 53.2 Å². The van der Waals surface area contributed by atoms with Gasteiger partial charge in [0.05, 0.1) is 30.0 Å². The maximum Gasteiger partial charge on any atom is 0.335 e. The number of aromatic carboxylic acids is 1. The van der Waals surface area contributed by atoms with Crippen LogP contribution in [0.2, 0.25) is 0 Å². The van der Waals surface area contributed by atoms with Gasteiger partial charge in [0.15, 0.2) is 0 Å². The first-order chi connectivity index (χ1) is 16.6. The molecule has 172 valence electrons. The van der Waals surface area contributed by atoms with Crippen LogP contribution < -0.4 is 10.6 Å². The van der Waals surface area contributed by atoms with E-state index in [4.69, 9.17) is 4.74 Å². The van der Waals surface area contributed by atoms with Crippen LogP contribution in [0.3, 0.4) is 0 Å². The van der Waals surface area contributed by atoms with Gasteiger partial charge in [-0.3, -0.25) is 14.7 Å². The fraction of sp³-hybridized carbons (Fsp3) is 0.192. The number of morpholine rings is 1. The topological polar surface area (TPSA) is 104 Å². The highest BCUT2D eigenvalue weighted by Gasteiger charge is 2.29. The molecule has 34 heavy (non-hydrogen) atoms. The van der Waals surface area contributed by atoms with Gasteiger partial charge in [-0.2, -0.15) is 0 Å². The summed E-state index contributed by atoms with van der Waals surface area (Å²) in [6, 6.07) is 16.4. The number of rotatable bonds is 6. The molecule has 3 aromatic rings. The van der Waals surface area contributed by atoms with E-state index in [1.54, 1.807) is 18.5 Å². The van der Waals surface area contributed by atoms with Gasteiger partial charge in [0.2, 0.25) is 0 Å². The van der Waals surface area contributed by atoms with Crippen molar-refractivity contribution in [2.45, 2.75) is 6.54 Å². The second-order valence-corrected chi connectivity index (χ2v) is 8.22. The van der Waals surface area contributed by atoms with E-state index in [1.165, 1.54) is 17.7 Å². The Morgan fingerprint density at radius 1 is 1.03 bits per heavy atom. The van der Waals surface area contributed by atoms with E-state index in [9.17, 15) is 14.7 Å². The van der Waals surface area contributed by atoms with Gasteiger partial charge in [-0.15, -0.1) is 0 Å². The minimum Gasteiger partial charge on any atom is -0.478 e. The molecule has 1 saturated heterocycles. The van der Waals surface area contributed by atoms with Crippen LogP contribution in [0, 0.1) is 0 Å². The zero-order chi connectivity index (χ0) is 23.5. The first-order valence-corrected chi connectivity index (χ1v) is 11.1. The number of anilines is 2. The van der Waals surface area contributed by atoms with Gasteiger partial charge < -0.3 is 20.5 Å². The molecule has 2 aromatic carbocycles. The summed E-state index contributed by atoms with van der Waals surface area (Å²) >= 11 is 0. The first-order valence-electron chi connectivity index (χ1n) is 11.1. The second kappa shape index (κ2) is 9.46. The van der Waals surface area contributed by atoms with Crippen molar-refractivity contribution in [1.29, 1.82) is 0 Å². The fourth-order valence-corrected chi connectivity index (χ4v) is 4.20. The lowest BCUT2D eigenvalue weighted by Gasteiger charge is -2.26. The molecule has 0 aliphatic carbocycles. The molecule has 8 nitrogen and oxygen atoms in total. The molecular formula is C26H24N4O4. The molecule has 0 bridgehead atoms. The van der Waals surface area contributed by atoms with Gasteiger partial charge in [0, 0.05) is 54.5 Å². The quantitative estimate of drug-likeness (QED) is 0.488. The van der Waals surface area contributed by atoms with Gasteiger partial charge in [-0.1, -0.05) is 12.1 Å². The van der Waals surface area contributed by atoms with Crippen LogP contribution >= 0.6 is 0 Å². The molecule has 0 atom stereocenters. The van der Waals surface area contributed by atoms with Crippen LogP contribution in [0.1, 0.15) is 27.0 Å². The highest BCUT2D eigenvalue weighted by molar-refractivity contribution is 6.37. The number of fused-ring (bicyclic) bond motifs is 1. The van der Waals surface area contributed by atoms with E-state index in [0.717, 1.165) is 44.1 Å². The molecule has 3 heterocycles. The summed E-state index contributed by atoms with van der Waals surface area (Å²) in [7, 11) is 0. The highest BCUT2D eigenvalue weighted by Crippen LogP contribution is 2.38. The van der Waals surface area contributed by atoms with Crippen molar-refractivity contribution in [3.63, 3.8) is 0 Å². The number of nitrogens with one attached hydrogen (secondary N) is 2. The van der Waals surface area contributed by atoms with E-state index < -0.39 is 5.97 Å². The molecule has 1 amide bonds. The molecule has 0 saturated carbocycles. The smallest absolute Gasteiger partial charge is 0.335 e. The van der Waals surface area contributed by atoms with E-state index >= 15 is 0 Å². The Balaban J connectivity index is 1.50. The Hall–Kier alpha value is -4.01. The van der Waals surface area contributed by atoms with Crippen molar-refractivity contribution in [3.05, 3.63) is 89.2 Å². The summed E-state index contributed by atoms with van der Waals surface area (Å²) in [6.07, 6.45) is 3.31. The average molecular weight is 457 g/mol. The van der Waals surface area contributed by atoms with E-state index in [0.29, 0.717) is 22.5 Å². The minimum absolute atomic E-state index is 0.120. The number of carbonyl (C=O) groups excluding carboxylic acids is 1. The number of amides is 1. The van der Waals surface area contributed by atoms with Crippen LogP contribution in [0.4, 0.5) is 11.4 Å². The predicted octanol–water partition coefficient (Wildman–Crippen LogP) is 3.54. The summed E-state index contributed by atoms with van der Waals surface area (Å²) in [5.41, 5.74) is 5.01. The van der Waals surface area contributed by atoms with Crippen LogP contribution in [0.15, 0.2) is 67.0 Å². The number of ether oxygens (including phenoxy) is 1. The standard InChI is InChI=1S/C26H24N4O4/c31-25-23(21-15-19(26(32)33)3-6-22(21)29-25)24(18-7-9-27-10-8-18)28-20-4-1-17(2-5-20)16-30-11-13-34-14-12-30/h1-10,15,28H,11-14,16H2,(H,29,31)(H,32,33).